The normalized spacial score (nSPS) is 14.4. The maximum Gasteiger partial charge on any atom is 0.358 e. The molecule has 2 aliphatic rings. The molecule has 2 N–H and O–H groups in total. The lowest BCUT2D eigenvalue weighted by atomic mass is 9.84. The zero-order valence-electron chi connectivity index (χ0n) is 25.3. The van der Waals surface area contributed by atoms with Crippen molar-refractivity contribution in [2.24, 2.45) is 0 Å². The number of aromatic nitrogens is 1. The number of rotatable bonds is 10. The van der Waals surface area contributed by atoms with Gasteiger partial charge in [0, 0.05) is 36.8 Å². The molecule has 0 radical (unpaired) electrons. The topological polar surface area (TPSA) is 138 Å². The number of hydrogen-bond donors (Lipinski definition) is 2. The van der Waals surface area contributed by atoms with Gasteiger partial charge in [0.15, 0.2) is 34.6 Å². The van der Waals surface area contributed by atoms with E-state index in [2.05, 4.69) is 10.1 Å². The average molecular weight is 676 g/mol. The van der Waals surface area contributed by atoms with Crippen LogP contribution in [-0.4, -0.2) is 66.6 Å². The summed E-state index contributed by atoms with van der Waals surface area (Å²) in [7, 11) is 2.76. The van der Waals surface area contributed by atoms with E-state index in [9.17, 15) is 14.7 Å². The number of carboxylic acids is 1. The van der Waals surface area contributed by atoms with Crippen LogP contribution in [0.1, 0.15) is 76.9 Å². The molecule has 5 rings (SSSR count). The number of Topliss-reactive ketones (excluding diaryl/α,β-unsaturated/α-hetero) is 1. The highest BCUT2D eigenvalue weighted by atomic mass is 79.9. The molecule has 2 aliphatic heterocycles. The molecule has 13 heteroatoms. The highest BCUT2D eigenvalue weighted by Gasteiger charge is 2.34. The van der Waals surface area contributed by atoms with Gasteiger partial charge < -0.3 is 33.6 Å². The molecular formula is C31H36BrFN4O7. The summed E-state index contributed by atoms with van der Waals surface area (Å²) in [5, 5.41) is 21.4. The molecule has 1 saturated heterocycles. The van der Waals surface area contributed by atoms with Crippen LogP contribution < -0.4 is 19.1 Å². The third kappa shape index (κ3) is 6.23. The molecule has 0 amide bonds. The van der Waals surface area contributed by atoms with Crippen LogP contribution >= 0.6 is 17.0 Å². The summed E-state index contributed by atoms with van der Waals surface area (Å²) in [5.74, 6) is -1.21. The lowest BCUT2D eigenvalue weighted by Gasteiger charge is -2.29. The Labute approximate surface area is 265 Å². The highest BCUT2D eigenvalue weighted by molar-refractivity contribution is 8.93. The summed E-state index contributed by atoms with van der Waals surface area (Å²) in [6.07, 6.45) is 1.99. The van der Waals surface area contributed by atoms with E-state index in [4.69, 9.17) is 24.1 Å². The molecule has 2 aromatic carbocycles. The van der Waals surface area contributed by atoms with Gasteiger partial charge in [-0.25, -0.2) is 9.18 Å². The van der Waals surface area contributed by atoms with E-state index >= 15 is 4.39 Å². The van der Waals surface area contributed by atoms with Crippen molar-refractivity contribution < 1.29 is 37.8 Å². The smallest absolute Gasteiger partial charge is 0.358 e. The van der Waals surface area contributed by atoms with E-state index in [-0.39, 0.29) is 76.8 Å². The number of ether oxygens (including phenoxy) is 3. The van der Waals surface area contributed by atoms with Crippen LogP contribution in [0.15, 0.2) is 28.8 Å². The number of nitrogens with zero attached hydrogens (tertiary/aromatic N) is 3. The van der Waals surface area contributed by atoms with E-state index in [1.165, 1.54) is 25.2 Å². The molecular weight excluding hydrogens is 639 g/mol. The molecule has 11 nitrogen and oxygen atoms in total. The van der Waals surface area contributed by atoms with Gasteiger partial charge in [0.1, 0.15) is 18.2 Å². The second-order valence-electron chi connectivity index (χ2n) is 11.7. The van der Waals surface area contributed by atoms with Crippen molar-refractivity contribution in [1.82, 2.24) is 10.1 Å². The Balaban J connectivity index is 0.00000442. The first-order chi connectivity index (χ1) is 20.4. The maximum absolute atomic E-state index is 15.3. The van der Waals surface area contributed by atoms with Crippen LogP contribution in [0.3, 0.4) is 0 Å². The van der Waals surface area contributed by atoms with E-state index in [0.29, 0.717) is 16.9 Å². The van der Waals surface area contributed by atoms with Crippen LogP contribution in [0.4, 0.5) is 10.1 Å². The molecule has 0 saturated carbocycles. The van der Waals surface area contributed by atoms with Crippen LogP contribution in [0.5, 0.6) is 17.2 Å². The number of carbonyl (C=O) groups excluding carboxylic acids is 1. The zero-order chi connectivity index (χ0) is 31.1. The zero-order valence-corrected chi connectivity index (χ0v) is 27.0. The van der Waals surface area contributed by atoms with Crippen LogP contribution in [0, 0.1) is 11.2 Å². The quantitative estimate of drug-likeness (QED) is 0.261. The molecule has 0 bridgehead atoms. The summed E-state index contributed by atoms with van der Waals surface area (Å²) in [4.78, 5) is 28.8. The summed E-state index contributed by atoms with van der Waals surface area (Å²) >= 11 is 0. The number of carbonyl (C=O) groups is 2. The minimum Gasteiger partial charge on any atom is -0.493 e. The van der Waals surface area contributed by atoms with Gasteiger partial charge in [0.05, 0.1) is 32.0 Å². The molecule has 3 heterocycles. The molecule has 0 spiro atoms. The fourth-order valence-corrected chi connectivity index (χ4v) is 5.52. The molecule has 0 atom stereocenters. The summed E-state index contributed by atoms with van der Waals surface area (Å²) < 4.78 is 37.2. The van der Waals surface area contributed by atoms with Gasteiger partial charge in [0.25, 0.3) is 0 Å². The van der Waals surface area contributed by atoms with E-state index in [0.717, 1.165) is 37.2 Å². The van der Waals surface area contributed by atoms with Crippen molar-refractivity contribution in [3.8, 4) is 17.2 Å². The Morgan fingerprint density at radius 2 is 1.80 bits per heavy atom. The largest absolute Gasteiger partial charge is 0.493 e. The first kappa shape index (κ1) is 32.8. The van der Waals surface area contributed by atoms with E-state index in [1.807, 2.05) is 20.8 Å². The van der Waals surface area contributed by atoms with Gasteiger partial charge in [0.2, 0.25) is 0 Å². The third-order valence-corrected chi connectivity index (χ3v) is 7.72. The summed E-state index contributed by atoms with van der Waals surface area (Å²) in [6.45, 7) is 7.64. The molecule has 236 valence electrons. The second kappa shape index (κ2) is 12.8. The van der Waals surface area contributed by atoms with Crippen molar-refractivity contribution in [2.45, 2.75) is 52.2 Å². The number of benzene rings is 2. The number of aromatic carboxylic acids is 1. The molecule has 0 unspecified atom stereocenters. The fraction of sp³-hybridized carbons (Fsp3) is 0.419. The number of ketones is 1. The van der Waals surface area contributed by atoms with Crippen molar-refractivity contribution in [2.75, 3.05) is 38.8 Å². The third-order valence-electron chi connectivity index (χ3n) is 7.72. The van der Waals surface area contributed by atoms with Crippen LogP contribution in [0.25, 0.3) is 0 Å². The van der Waals surface area contributed by atoms with Crippen molar-refractivity contribution >= 4 is 40.3 Å². The lowest BCUT2D eigenvalue weighted by molar-refractivity contribution is 0.0685. The Morgan fingerprint density at radius 1 is 1.09 bits per heavy atom. The van der Waals surface area contributed by atoms with Crippen LogP contribution in [-0.2, 0) is 18.6 Å². The second-order valence-corrected chi connectivity index (χ2v) is 11.7. The fourth-order valence-electron chi connectivity index (χ4n) is 5.52. The number of fused-ring (bicyclic) bond motifs is 1. The van der Waals surface area contributed by atoms with Gasteiger partial charge in [-0.15, -0.1) is 17.0 Å². The Morgan fingerprint density at radius 3 is 2.39 bits per heavy atom. The van der Waals surface area contributed by atoms with Gasteiger partial charge in [-0.1, -0.05) is 25.9 Å². The SMILES string of the molecule is Br.COc1cc2c(c(F)c1OC)C(=N)N(CC(=O)c1cc(N3CCCC3)c(OCc3cc(C(=O)O)no3)c(C(C)(C)C)c1)C2. The number of halogens is 2. The monoisotopic (exact) mass is 674 g/mol. The average Bonchev–Trinajstić information content (AvgIpc) is 3.72. The van der Waals surface area contributed by atoms with Gasteiger partial charge >= 0.3 is 5.97 Å². The van der Waals surface area contributed by atoms with E-state index < -0.39 is 17.2 Å². The molecule has 1 aromatic heterocycles. The maximum atomic E-state index is 15.3. The number of amidine groups is 1. The number of carboxylic acid groups (broad SMARTS) is 1. The number of hydrogen-bond acceptors (Lipinski definition) is 9. The molecule has 1 fully saturated rings. The highest BCUT2D eigenvalue weighted by Crippen LogP contribution is 2.43. The first-order valence-corrected chi connectivity index (χ1v) is 14.0. The number of methoxy groups -OCH3 is 2. The Kier molecular flexibility index (Phi) is 9.57. The predicted molar refractivity (Wildman–Crippen MR) is 166 cm³/mol. The number of anilines is 1. The number of nitrogens with one attached hydrogen (secondary N) is 1. The Bertz CT molecular complexity index is 1590. The standard InChI is InChI=1S/C31H35FN4O7.BrH/c1-31(2,3)20-10-17(23(37)15-36-14-18-12-24(40-4)28(41-5)26(32)25(18)29(36)33)11-22(35-8-6-7-9-35)27(20)42-16-19-13-21(30(38)39)34-43-19;/h10-13,33H,6-9,14-16H2,1-5H3,(H,38,39);1H. The molecule has 44 heavy (non-hydrogen) atoms. The van der Waals surface area contributed by atoms with Crippen molar-refractivity contribution in [1.29, 1.82) is 5.41 Å². The van der Waals surface area contributed by atoms with E-state index in [1.54, 1.807) is 18.2 Å². The predicted octanol–water partition coefficient (Wildman–Crippen LogP) is 5.61. The molecule has 0 aliphatic carbocycles. The molecule has 3 aromatic rings. The lowest BCUT2D eigenvalue weighted by Crippen LogP contribution is -2.31. The van der Waals surface area contributed by atoms with Crippen molar-refractivity contribution in [3.63, 3.8) is 0 Å². The first-order valence-electron chi connectivity index (χ1n) is 14.0. The summed E-state index contributed by atoms with van der Waals surface area (Å²) in [5.41, 5.74) is 2.00. The van der Waals surface area contributed by atoms with Gasteiger partial charge in [-0.2, -0.15) is 0 Å². The van der Waals surface area contributed by atoms with Gasteiger partial charge in [-0.05, 0) is 42.0 Å². The van der Waals surface area contributed by atoms with Crippen molar-refractivity contribution in [3.05, 3.63) is 63.8 Å². The van der Waals surface area contributed by atoms with Gasteiger partial charge in [-0.3, -0.25) is 10.2 Å². The van der Waals surface area contributed by atoms with Crippen LogP contribution in [0.2, 0.25) is 0 Å². The minimum absolute atomic E-state index is 0. The summed E-state index contributed by atoms with van der Waals surface area (Å²) in [6, 6.07) is 6.57. The minimum atomic E-state index is -1.19. The Hall–Kier alpha value is -4.13.